The van der Waals surface area contributed by atoms with Gasteiger partial charge in [-0.2, -0.15) is 13.2 Å². The third-order valence-corrected chi connectivity index (χ3v) is 3.07. The molecule has 0 aromatic carbocycles. The van der Waals surface area contributed by atoms with E-state index in [1.54, 1.807) is 0 Å². The normalized spacial score (nSPS) is 23.8. The van der Waals surface area contributed by atoms with Gasteiger partial charge in [0.05, 0.1) is 0 Å². The summed E-state index contributed by atoms with van der Waals surface area (Å²) >= 11 is 0. The highest BCUT2D eigenvalue weighted by Gasteiger charge is 2.42. The topological polar surface area (TPSA) is 46.2 Å². The molecule has 15 heavy (non-hydrogen) atoms. The van der Waals surface area contributed by atoms with Crippen LogP contribution in [0.1, 0.15) is 38.5 Å². The highest BCUT2D eigenvalue weighted by molar-refractivity contribution is 4.81. The zero-order valence-electron chi connectivity index (χ0n) is 8.63. The molecule has 0 radical (unpaired) electrons. The summed E-state index contributed by atoms with van der Waals surface area (Å²) < 4.78 is 36.4. The minimum absolute atomic E-state index is 0.255. The highest BCUT2D eigenvalue weighted by atomic mass is 19.4. The van der Waals surface area contributed by atoms with Crippen molar-refractivity contribution in [1.82, 2.24) is 0 Å². The number of hydrogen-bond donors (Lipinski definition) is 2. The maximum absolute atomic E-state index is 12.1. The molecule has 0 saturated heterocycles. The number of aliphatic hydroxyl groups excluding tert-OH is 1. The van der Waals surface area contributed by atoms with Gasteiger partial charge in [-0.25, -0.2) is 0 Å². The summed E-state index contributed by atoms with van der Waals surface area (Å²) in [5, 5.41) is 8.93. The Labute approximate surface area is 87.6 Å². The fourth-order valence-corrected chi connectivity index (χ4v) is 2.18. The van der Waals surface area contributed by atoms with Crippen molar-refractivity contribution in [1.29, 1.82) is 0 Å². The summed E-state index contributed by atoms with van der Waals surface area (Å²) in [5.74, 6) is 0.255. The van der Waals surface area contributed by atoms with Crippen LogP contribution in [0.2, 0.25) is 0 Å². The maximum atomic E-state index is 12.1. The van der Waals surface area contributed by atoms with Crippen molar-refractivity contribution in [2.75, 3.05) is 0 Å². The Morgan fingerprint density at radius 2 is 1.73 bits per heavy atom. The lowest BCUT2D eigenvalue weighted by atomic mass is 9.84. The Morgan fingerprint density at radius 3 is 2.20 bits per heavy atom. The molecule has 0 aliphatic heterocycles. The average Bonchev–Trinajstić information content (AvgIpc) is 2.16. The van der Waals surface area contributed by atoms with E-state index in [0.717, 1.165) is 32.1 Å². The Morgan fingerprint density at radius 1 is 1.20 bits per heavy atom. The first kappa shape index (κ1) is 12.8. The van der Waals surface area contributed by atoms with Gasteiger partial charge in [0.2, 0.25) is 0 Å². The van der Waals surface area contributed by atoms with E-state index in [-0.39, 0.29) is 12.3 Å². The number of rotatable bonds is 3. The second kappa shape index (κ2) is 5.16. The molecule has 0 aromatic heterocycles. The molecule has 1 saturated carbocycles. The summed E-state index contributed by atoms with van der Waals surface area (Å²) in [7, 11) is 0. The van der Waals surface area contributed by atoms with Gasteiger partial charge in [0.15, 0.2) is 6.10 Å². The van der Waals surface area contributed by atoms with E-state index in [2.05, 4.69) is 0 Å². The first-order valence-corrected chi connectivity index (χ1v) is 5.41. The van der Waals surface area contributed by atoms with E-state index >= 15 is 0 Å². The molecule has 0 amide bonds. The first-order chi connectivity index (χ1) is 6.91. The molecule has 0 bridgehead atoms. The SMILES string of the molecule is NC(CC1CCCCC1)C(O)C(F)(F)F. The van der Waals surface area contributed by atoms with Crippen molar-refractivity contribution in [3.05, 3.63) is 0 Å². The quantitative estimate of drug-likeness (QED) is 0.773. The van der Waals surface area contributed by atoms with E-state index in [9.17, 15) is 13.2 Å². The van der Waals surface area contributed by atoms with Crippen LogP contribution in [0.15, 0.2) is 0 Å². The smallest absolute Gasteiger partial charge is 0.382 e. The molecule has 3 N–H and O–H groups in total. The van der Waals surface area contributed by atoms with E-state index in [0.29, 0.717) is 0 Å². The van der Waals surface area contributed by atoms with Gasteiger partial charge in [-0.3, -0.25) is 0 Å². The number of hydrogen-bond acceptors (Lipinski definition) is 2. The predicted molar refractivity (Wildman–Crippen MR) is 51.2 cm³/mol. The molecule has 5 heteroatoms. The van der Waals surface area contributed by atoms with Crippen LogP contribution < -0.4 is 5.73 Å². The molecule has 1 fully saturated rings. The van der Waals surface area contributed by atoms with Crippen molar-refractivity contribution in [3.63, 3.8) is 0 Å². The predicted octanol–water partition coefficient (Wildman–Crippen LogP) is 2.21. The van der Waals surface area contributed by atoms with Gasteiger partial charge in [0.1, 0.15) is 0 Å². The van der Waals surface area contributed by atoms with Gasteiger partial charge < -0.3 is 10.8 Å². The van der Waals surface area contributed by atoms with Crippen molar-refractivity contribution < 1.29 is 18.3 Å². The molecule has 2 nitrogen and oxygen atoms in total. The molecule has 1 aliphatic carbocycles. The number of halogens is 3. The Hall–Kier alpha value is -0.290. The van der Waals surface area contributed by atoms with Gasteiger partial charge in [-0.1, -0.05) is 32.1 Å². The fourth-order valence-electron chi connectivity index (χ4n) is 2.18. The van der Waals surface area contributed by atoms with Crippen LogP contribution in [-0.4, -0.2) is 23.4 Å². The van der Waals surface area contributed by atoms with E-state index in [1.165, 1.54) is 0 Å². The van der Waals surface area contributed by atoms with Crippen LogP contribution in [0.4, 0.5) is 13.2 Å². The average molecular weight is 225 g/mol. The summed E-state index contributed by atoms with van der Waals surface area (Å²) in [6.07, 6.45) is -1.50. The maximum Gasteiger partial charge on any atom is 0.415 e. The van der Waals surface area contributed by atoms with Crippen molar-refractivity contribution >= 4 is 0 Å². The van der Waals surface area contributed by atoms with Gasteiger partial charge in [0.25, 0.3) is 0 Å². The summed E-state index contributed by atoms with van der Waals surface area (Å²) in [5.41, 5.74) is 5.36. The van der Waals surface area contributed by atoms with Crippen LogP contribution in [0.3, 0.4) is 0 Å². The first-order valence-electron chi connectivity index (χ1n) is 5.41. The van der Waals surface area contributed by atoms with Crippen LogP contribution in [0.5, 0.6) is 0 Å². The molecule has 0 spiro atoms. The second-order valence-electron chi connectivity index (χ2n) is 4.39. The molecular weight excluding hydrogens is 207 g/mol. The van der Waals surface area contributed by atoms with Crippen molar-refractivity contribution in [3.8, 4) is 0 Å². The lowest BCUT2D eigenvalue weighted by Crippen LogP contribution is -2.46. The summed E-state index contributed by atoms with van der Waals surface area (Å²) in [4.78, 5) is 0. The zero-order chi connectivity index (χ0) is 11.5. The molecular formula is C10H18F3NO. The Kier molecular flexibility index (Phi) is 4.40. The standard InChI is InChI=1S/C10H18F3NO/c11-10(12,13)9(15)8(14)6-7-4-2-1-3-5-7/h7-9,15H,1-6,14H2. The van der Waals surface area contributed by atoms with Crippen LogP contribution >= 0.6 is 0 Å². The fraction of sp³-hybridized carbons (Fsp3) is 1.00. The van der Waals surface area contributed by atoms with Gasteiger partial charge >= 0.3 is 6.18 Å². The highest BCUT2D eigenvalue weighted by Crippen LogP contribution is 2.30. The van der Waals surface area contributed by atoms with Crippen LogP contribution in [0.25, 0.3) is 0 Å². The molecule has 0 aromatic rings. The lowest BCUT2D eigenvalue weighted by molar-refractivity contribution is -0.210. The van der Waals surface area contributed by atoms with Gasteiger partial charge in [-0.15, -0.1) is 0 Å². The second-order valence-corrected chi connectivity index (χ2v) is 4.39. The van der Waals surface area contributed by atoms with Gasteiger partial charge in [0, 0.05) is 6.04 Å². The molecule has 90 valence electrons. The monoisotopic (exact) mass is 225 g/mol. The van der Waals surface area contributed by atoms with E-state index in [1.807, 2.05) is 0 Å². The van der Waals surface area contributed by atoms with Crippen molar-refractivity contribution in [2.45, 2.75) is 56.8 Å². The summed E-state index contributed by atoms with van der Waals surface area (Å²) in [6.45, 7) is 0. The Balaban J connectivity index is 2.36. The number of aliphatic hydroxyl groups is 1. The van der Waals surface area contributed by atoms with Crippen molar-refractivity contribution in [2.24, 2.45) is 11.7 Å². The minimum atomic E-state index is -4.59. The summed E-state index contributed by atoms with van der Waals surface area (Å²) in [6, 6.07) is -1.17. The number of nitrogens with two attached hydrogens (primary N) is 1. The van der Waals surface area contributed by atoms with Crippen LogP contribution in [-0.2, 0) is 0 Å². The molecule has 0 heterocycles. The molecule has 2 atom stereocenters. The van der Waals surface area contributed by atoms with E-state index < -0.39 is 18.3 Å². The van der Waals surface area contributed by atoms with E-state index in [4.69, 9.17) is 10.8 Å². The Bertz CT molecular complexity index is 190. The largest absolute Gasteiger partial charge is 0.415 e. The minimum Gasteiger partial charge on any atom is -0.382 e. The third kappa shape index (κ3) is 3.99. The molecule has 1 rings (SSSR count). The lowest BCUT2D eigenvalue weighted by Gasteiger charge is -2.27. The molecule has 1 aliphatic rings. The van der Waals surface area contributed by atoms with Crippen LogP contribution in [0, 0.1) is 5.92 Å². The zero-order valence-corrected chi connectivity index (χ0v) is 8.63. The van der Waals surface area contributed by atoms with Gasteiger partial charge in [-0.05, 0) is 12.3 Å². The number of alkyl halides is 3. The molecule has 2 unspecified atom stereocenters. The third-order valence-electron chi connectivity index (χ3n) is 3.07.